The lowest BCUT2D eigenvalue weighted by Crippen LogP contribution is -1.90. The molecule has 0 aliphatic rings. The van der Waals surface area contributed by atoms with E-state index < -0.39 is 11.6 Å². The van der Waals surface area contributed by atoms with Crippen molar-refractivity contribution in [1.82, 2.24) is 10.2 Å². The van der Waals surface area contributed by atoms with Crippen molar-refractivity contribution in [2.24, 2.45) is 0 Å². The summed E-state index contributed by atoms with van der Waals surface area (Å²) in [5, 5.41) is 7.39. The van der Waals surface area contributed by atoms with E-state index in [1.54, 1.807) is 0 Å². The second-order valence-corrected chi connectivity index (χ2v) is 2.82. The molecule has 2 nitrogen and oxygen atoms in total. The molecule has 1 aromatic carbocycles. The summed E-state index contributed by atoms with van der Waals surface area (Å²) in [7, 11) is 0. The Hall–Kier alpha value is -1.29. The highest BCUT2D eigenvalue weighted by Crippen LogP contribution is 2.23. The maximum atomic E-state index is 13.1. The third-order valence-electron chi connectivity index (χ3n) is 1.69. The lowest BCUT2D eigenvalue weighted by Gasteiger charge is -1.99. The Morgan fingerprint density at radius 3 is 2.69 bits per heavy atom. The van der Waals surface area contributed by atoms with Crippen LogP contribution in [-0.4, -0.2) is 10.2 Å². The van der Waals surface area contributed by atoms with Gasteiger partial charge in [0.1, 0.15) is 0 Å². The molecule has 0 fully saturated rings. The minimum atomic E-state index is -0.950. The van der Waals surface area contributed by atoms with Crippen LogP contribution in [0, 0.1) is 11.6 Å². The second-order valence-electron chi connectivity index (χ2n) is 2.46. The Morgan fingerprint density at radius 1 is 1.15 bits per heavy atom. The van der Waals surface area contributed by atoms with Gasteiger partial charge in [-0.3, -0.25) is 0 Å². The van der Waals surface area contributed by atoms with Crippen LogP contribution < -0.4 is 0 Å². The molecular formula is C8H3ClF2N2. The average Bonchev–Trinajstić information content (AvgIpc) is 2.12. The number of nitrogens with zero attached hydrogens (tertiary/aromatic N) is 2. The van der Waals surface area contributed by atoms with Gasteiger partial charge in [-0.2, -0.15) is 5.10 Å². The largest absolute Gasteiger partial charge is 0.204 e. The summed E-state index contributed by atoms with van der Waals surface area (Å²) in [5.74, 6) is -1.87. The highest BCUT2D eigenvalue weighted by Gasteiger charge is 2.09. The zero-order valence-corrected chi connectivity index (χ0v) is 7.02. The third kappa shape index (κ3) is 1.23. The van der Waals surface area contributed by atoms with E-state index in [-0.39, 0.29) is 10.5 Å². The van der Waals surface area contributed by atoms with E-state index in [4.69, 9.17) is 11.6 Å². The number of halogens is 3. The monoisotopic (exact) mass is 200 g/mol. The van der Waals surface area contributed by atoms with E-state index >= 15 is 0 Å². The van der Waals surface area contributed by atoms with E-state index in [1.807, 2.05) is 0 Å². The number of hydrogen-bond acceptors (Lipinski definition) is 2. The standard InChI is InChI=1S/C8H3ClF2N2/c9-8-4-1-2-6(10)7(11)5(4)3-12-13-8/h1-3H. The Morgan fingerprint density at radius 2 is 1.92 bits per heavy atom. The van der Waals surface area contributed by atoms with Gasteiger partial charge in [0.05, 0.1) is 6.20 Å². The Bertz CT molecular complexity index is 473. The van der Waals surface area contributed by atoms with Crippen LogP contribution in [0.3, 0.4) is 0 Å². The number of aromatic nitrogens is 2. The maximum Gasteiger partial charge on any atom is 0.168 e. The number of benzene rings is 1. The van der Waals surface area contributed by atoms with E-state index in [0.29, 0.717) is 5.39 Å². The number of hydrogen-bond donors (Lipinski definition) is 0. The Kier molecular flexibility index (Phi) is 1.84. The quantitative estimate of drug-likeness (QED) is 0.653. The summed E-state index contributed by atoms with van der Waals surface area (Å²) < 4.78 is 25.8. The maximum absolute atomic E-state index is 13.1. The molecule has 0 bridgehead atoms. The Labute approximate surface area is 77.2 Å². The van der Waals surface area contributed by atoms with Gasteiger partial charge in [0.15, 0.2) is 16.8 Å². The van der Waals surface area contributed by atoms with Gasteiger partial charge in [-0.05, 0) is 12.1 Å². The van der Waals surface area contributed by atoms with Crippen LogP contribution in [0.25, 0.3) is 10.8 Å². The predicted molar refractivity (Wildman–Crippen MR) is 44.5 cm³/mol. The van der Waals surface area contributed by atoms with Crippen LogP contribution in [0.5, 0.6) is 0 Å². The van der Waals surface area contributed by atoms with E-state index in [9.17, 15) is 8.78 Å². The first-order valence-electron chi connectivity index (χ1n) is 3.45. The van der Waals surface area contributed by atoms with Gasteiger partial charge < -0.3 is 0 Å². The third-order valence-corrected chi connectivity index (χ3v) is 1.97. The van der Waals surface area contributed by atoms with Gasteiger partial charge in [-0.1, -0.05) is 11.6 Å². The fourth-order valence-electron chi connectivity index (χ4n) is 1.06. The lowest BCUT2D eigenvalue weighted by molar-refractivity contribution is 0.516. The molecule has 66 valence electrons. The molecule has 13 heavy (non-hydrogen) atoms. The van der Waals surface area contributed by atoms with Crippen molar-refractivity contribution >= 4 is 22.4 Å². The van der Waals surface area contributed by atoms with E-state index in [2.05, 4.69) is 10.2 Å². The zero-order valence-electron chi connectivity index (χ0n) is 6.26. The van der Waals surface area contributed by atoms with Gasteiger partial charge >= 0.3 is 0 Å². The van der Waals surface area contributed by atoms with Gasteiger partial charge in [0, 0.05) is 10.8 Å². The molecule has 0 saturated carbocycles. The van der Waals surface area contributed by atoms with Crippen LogP contribution in [0.1, 0.15) is 0 Å². The molecule has 0 radical (unpaired) electrons. The van der Waals surface area contributed by atoms with Crippen LogP contribution in [-0.2, 0) is 0 Å². The summed E-state index contributed by atoms with van der Waals surface area (Å²) in [6.07, 6.45) is 1.14. The zero-order chi connectivity index (χ0) is 9.42. The van der Waals surface area contributed by atoms with Crippen LogP contribution in [0.2, 0.25) is 5.15 Å². The molecule has 0 aliphatic heterocycles. The molecule has 2 rings (SSSR count). The van der Waals surface area contributed by atoms with Gasteiger partial charge in [0.25, 0.3) is 0 Å². The van der Waals surface area contributed by atoms with Gasteiger partial charge in [-0.25, -0.2) is 8.78 Å². The molecule has 0 N–H and O–H groups in total. The number of rotatable bonds is 0. The van der Waals surface area contributed by atoms with Crippen molar-refractivity contribution in [3.8, 4) is 0 Å². The summed E-state index contributed by atoms with van der Waals surface area (Å²) in [6.45, 7) is 0. The molecule has 0 unspecified atom stereocenters. The SMILES string of the molecule is Fc1ccc2c(Cl)nncc2c1F. The van der Waals surface area contributed by atoms with Crippen molar-refractivity contribution < 1.29 is 8.78 Å². The predicted octanol–water partition coefficient (Wildman–Crippen LogP) is 2.56. The van der Waals surface area contributed by atoms with Gasteiger partial charge in [-0.15, -0.1) is 5.10 Å². The lowest BCUT2D eigenvalue weighted by atomic mass is 10.2. The summed E-state index contributed by atoms with van der Waals surface area (Å²) in [6, 6.07) is 2.37. The topological polar surface area (TPSA) is 25.8 Å². The summed E-state index contributed by atoms with van der Waals surface area (Å²) in [4.78, 5) is 0. The summed E-state index contributed by atoms with van der Waals surface area (Å²) >= 11 is 5.62. The molecule has 5 heteroatoms. The first kappa shape index (κ1) is 8.31. The number of fused-ring (bicyclic) bond motifs is 1. The first-order valence-corrected chi connectivity index (χ1v) is 3.83. The molecule has 1 aromatic heterocycles. The van der Waals surface area contributed by atoms with Crippen LogP contribution in [0.15, 0.2) is 18.3 Å². The normalized spacial score (nSPS) is 10.7. The minimum Gasteiger partial charge on any atom is -0.204 e. The van der Waals surface area contributed by atoms with Crippen LogP contribution >= 0.6 is 11.6 Å². The molecule has 0 saturated heterocycles. The minimum absolute atomic E-state index is 0.0417. The van der Waals surface area contributed by atoms with Crippen molar-refractivity contribution in [2.75, 3.05) is 0 Å². The Balaban J connectivity index is 2.94. The smallest absolute Gasteiger partial charge is 0.168 e. The van der Waals surface area contributed by atoms with Gasteiger partial charge in [0.2, 0.25) is 0 Å². The highest BCUT2D eigenvalue weighted by atomic mass is 35.5. The van der Waals surface area contributed by atoms with Crippen molar-refractivity contribution in [3.05, 3.63) is 35.1 Å². The molecule has 2 aromatic rings. The fourth-order valence-corrected chi connectivity index (χ4v) is 1.27. The van der Waals surface area contributed by atoms with E-state index in [1.165, 1.54) is 6.07 Å². The first-order chi connectivity index (χ1) is 6.20. The van der Waals surface area contributed by atoms with Crippen molar-refractivity contribution in [1.29, 1.82) is 0 Å². The summed E-state index contributed by atoms with van der Waals surface area (Å²) in [5.41, 5.74) is 0. The molecular weight excluding hydrogens is 198 g/mol. The van der Waals surface area contributed by atoms with Crippen LogP contribution in [0.4, 0.5) is 8.78 Å². The average molecular weight is 201 g/mol. The molecule has 0 amide bonds. The fraction of sp³-hybridized carbons (Fsp3) is 0. The second kappa shape index (κ2) is 2.88. The molecule has 0 atom stereocenters. The molecule has 1 heterocycles. The molecule has 0 spiro atoms. The molecule has 0 aliphatic carbocycles. The van der Waals surface area contributed by atoms with Crippen molar-refractivity contribution in [3.63, 3.8) is 0 Å². The highest BCUT2D eigenvalue weighted by molar-refractivity contribution is 6.34. The van der Waals surface area contributed by atoms with Crippen molar-refractivity contribution in [2.45, 2.75) is 0 Å². The van der Waals surface area contributed by atoms with E-state index in [0.717, 1.165) is 12.3 Å².